The molecule has 0 aliphatic heterocycles. The number of sulfone groups is 1. The maximum absolute atomic E-state index is 13.2. The van der Waals surface area contributed by atoms with E-state index in [0.717, 1.165) is 10.9 Å². The molecule has 13 heteroatoms. The van der Waals surface area contributed by atoms with Crippen molar-refractivity contribution >= 4 is 37.4 Å². The molecule has 1 heterocycles. The average molecular weight is 554 g/mol. The van der Waals surface area contributed by atoms with Crippen LogP contribution in [0.5, 0.6) is 0 Å². The van der Waals surface area contributed by atoms with Crippen molar-refractivity contribution in [3.8, 4) is 16.8 Å². The third kappa shape index (κ3) is 5.49. The van der Waals surface area contributed by atoms with Gasteiger partial charge in [0.2, 0.25) is 15.9 Å². The number of hydrogen-bond acceptors (Lipinski definition) is 7. The lowest BCUT2D eigenvalue weighted by molar-refractivity contribution is 0.0997. The first-order valence-electron chi connectivity index (χ1n) is 11.0. The molecule has 0 fully saturated rings. The molecule has 38 heavy (non-hydrogen) atoms. The maximum Gasteiger partial charge on any atom is 0.274 e. The number of primary sulfonamides is 1. The van der Waals surface area contributed by atoms with Crippen LogP contribution in [-0.2, 0) is 19.9 Å². The van der Waals surface area contributed by atoms with Crippen molar-refractivity contribution in [3.63, 3.8) is 0 Å². The number of carbonyl (C=O) groups excluding carboxylic acids is 2. The van der Waals surface area contributed by atoms with Crippen LogP contribution in [0, 0.1) is 6.92 Å². The molecule has 0 unspecified atom stereocenters. The Morgan fingerprint density at radius 1 is 0.895 bits per heavy atom. The molecule has 0 saturated carbocycles. The number of carbonyl (C=O) groups is 2. The predicted molar refractivity (Wildman–Crippen MR) is 141 cm³/mol. The van der Waals surface area contributed by atoms with E-state index >= 15 is 0 Å². The van der Waals surface area contributed by atoms with E-state index in [4.69, 9.17) is 10.9 Å². The van der Waals surface area contributed by atoms with Gasteiger partial charge in [0.25, 0.3) is 5.91 Å². The standard InChI is InChI=1S/C25H23N5O6S2/c1-15-13-21(30(29-15)20-14-17(24(26)31)9-12-23(20)37(2,33)34)25(32)28-18-10-7-16(8-11-18)19-5-3-4-6-22(19)38(27,35)36/h3-14H,1-2H3,(H2,26,31)(H,28,32)(H2,27,35,36). The minimum atomic E-state index is -3.95. The number of sulfonamides is 1. The lowest BCUT2D eigenvalue weighted by Crippen LogP contribution is -2.19. The van der Waals surface area contributed by atoms with Crippen molar-refractivity contribution < 1.29 is 26.4 Å². The van der Waals surface area contributed by atoms with E-state index in [1.807, 2.05) is 0 Å². The van der Waals surface area contributed by atoms with Gasteiger partial charge in [0.05, 0.1) is 21.2 Å². The summed E-state index contributed by atoms with van der Waals surface area (Å²) in [6.07, 6.45) is 1.00. The van der Waals surface area contributed by atoms with Gasteiger partial charge in [-0.3, -0.25) is 9.59 Å². The number of hydrogen-bond donors (Lipinski definition) is 3. The molecule has 11 nitrogen and oxygen atoms in total. The summed E-state index contributed by atoms with van der Waals surface area (Å²) in [7, 11) is -7.71. The van der Waals surface area contributed by atoms with Gasteiger partial charge in [0.15, 0.2) is 9.84 Å². The summed E-state index contributed by atoms with van der Waals surface area (Å²) in [5.74, 6) is -1.38. The molecular formula is C25H23N5O6S2. The zero-order chi connectivity index (χ0) is 27.8. The molecule has 0 bridgehead atoms. The van der Waals surface area contributed by atoms with Crippen LogP contribution in [0.4, 0.5) is 5.69 Å². The van der Waals surface area contributed by atoms with Crippen molar-refractivity contribution in [1.82, 2.24) is 9.78 Å². The van der Waals surface area contributed by atoms with Crippen LogP contribution in [0.15, 0.2) is 82.6 Å². The highest BCUT2D eigenvalue weighted by molar-refractivity contribution is 7.90. The van der Waals surface area contributed by atoms with Crippen molar-refractivity contribution in [3.05, 3.63) is 89.7 Å². The number of nitrogens with two attached hydrogens (primary N) is 2. The second-order valence-corrected chi connectivity index (χ2v) is 12.0. The Hall–Kier alpha value is -4.33. The first-order chi connectivity index (χ1) is 17.8. The molecule has 2 amide bonds. The average Bonchev–Trinajstić information content (AvgIpc) is 3.25. The Morgan fingerprint density at radius 3 is 2.16 bits per heavy atom. The number of nitrogens with zero attached hydrogens (tertiary/aromatic N) is 2. The molecule has 0 saturated heterocycles. The number of primary amides is 1. The van der Waals surface area contributed by atoms with Crippen LogP contribution < -0.4 is 16.2 Å². The normalized spacial score (nSPS) is 11.8. The van der Waals surface area contributed by atoms with Gasteiger partial charge in [-0.25, -0.2) is 26.7 Å². The fourth-order valence-electron chi connectivity index (χ4n) is 3.88. The summed E-state index contributed by atoms with van der Waals surface area (Å²) < 4.78 is 49.9. The van der Waals surface area contributed by atoms with Crippen molar-refractivity contribution in [2.24, 2.45) is 10.9 Å². The molecule has 0 aliphatic rings. The second kappa shape index (κ2) is 9.85. The number of rotatable bonds is 7. The molecule has 0 aliphatic carbocycles. The molecule has 5 N–H and O–H groups in total. The van der Waals surface area contributed by atoms with E-state index < -0.39 is 31.7 Å². The lowest BCUT2D eigenvalue weighted by atomic mass is 10.1. The van der Waals surface area contributed by atoms with Gasteiger partial charge in [-0.2, -0.15) is 5.10 Å². The van der Waals surface area contributed by atoms with Crippen LogP contribution >= 0.6 is 0 Å². The van der Waals surface area contributed by atoms with Gasteiger partial charge in [0, 0.05) is 23.1 Å². The summed E-state index contributed by atoms with van der Waals surface area (Å²) in [5.41, 5.74) is 7.20. The Bertz CT molecular complexity index is 1790. The van der Waals surface area contributed by atoms with E-state index in [-0.39, 0.29) is 26.7 Å². The minimum Gasteiger partial charge on any atom is -0.366 e. The molecule has 0 spiro atoms. The Labute approximate surface area is 219 Å². The highest BCUT2D eigenvalue weighted by atomic mass is 32.2. The van der Waals surface area contributed by atoms with Gasteiger partial charge < -0.3 is 11.1 Å². The Balaban J connectivity index is 1.70. The minimum absolute atomic E-state index is 0.00278. The number of amides is 2. The monoisotopic (exact) mass is 553 g/mol. The second-order valence-electron chi connectivity index (χ2n) is 8.47. The summed E-state index contributed by atoms with van der Waals surface area (Å²) in [5, 5.41) is 12.3. The molecule has 4 rings (SSSR count). The molecule has 1 aromatic heterocycles. The van der Waals surface area contributed by atoms with Crippen LogP contribution in [0.3, 0.4) is 0 Å². The fourth-order valence-corrected chi connectivity index (χ4v) is 5.48. The third-order valence-electron chi connectivity index (χ3n) is 5.58. The number of aromatic nitrogens is 2. The van der Waals surface area contributed by atoms with Crippen molar-refractivity contribution in [2.45, 2.75) is 16.7 Å². The number of aryl methyl sites for hydroxylation is 1. The summed E-state index contributed by atoms with van der Waals surface area (Å²) in [4.78, 5) is 24.8. The van der Waals surface area contributed by atoms with Crippen LogP contribution in [-0.4, -0.2) is 44.7 Å². The Morgan fingerprint density at radius 2 is 1.55 bits per heavy atom. The summed E-state index contributed by atoms with van der Waals surface area (Å²) in [6.45, 7) is 1.63. The zero-order valence-corrected chi connectivity index (χ0v) is 21.9. The fraction of sp³-hybridized carbons (Fsp3) is 0.0800. The van der Waals surface area contributed by atoms with Gasteiger partial charge in [-0.05, 0) is 55.0 Å². The molecule has 3 aromatic carbocycles. The molecule has 196 valence electrons. The molecular weight excluding hydrogens is 530 g/mol. The third-order valence-corrected chi connectivity index (χ3v) is 7.70. The van der Waals surface area contributed by atoms with Gasteiger partial charge in [-0.1, -0.05) is 30.3 Å². The lowest BCUT2D eigenvalue weighted by Gasteiger charge is -2.13. The number of anilines is 1. The predicted octanol–water partition coefficient (Wildman–Crippen LogP) is 2.25. The van der Waals surface area contributed by atoms with Crippen molar-refractivity contribution in [2.75, 3.05) is 11.6 Å². The van der Waals surface area contributed by atoms with Gasteiger partial charge >= 0.3 is 0 Å². The molecule has 4 aromatic rings. The smallest absolute Gasteiger partial charge is 0.274 e. The molecule has 0 radical (unpaired) electrons. The van der Waals surface area contributed by atoms with Gasteiger partial charge in [-0.15, -0.1) is 0 Å². The highest BCUT2D eigenvalue weighted by Gasteiger charge is 2.23. The van der Waals surface area contributed by atoms with E-state index in [0.29, 0.717) is 22.5 Å². The van der Waals surface area contributed by atoms with E-state index in [2.05, 4.69) is 10.4 Å². The topological polar surface area (TPSA) is 184 Å². The first-order valence-corrected chi connectivity index (χ1v) is 14.4. The highest BCUT2D eigenvalue weighted by Crippen LogP contribution is 2.28. The van der Waals surface area contributed by atoms with E-state index in [9.17, 15) is 26.4 Å². The van der Waals surface area contributed by atoms with Crippen LogP contribution in [0.2, 0.25) is 0 Å². The largest absolute Gasteiger partial charge is 0.366 e. The van der Waals surface area contributed by atoms with Crippen LogP contribution in [0.25, 0.3) is 16.8 Å². The van der Waals surface area contributed by atoms with E-state index in [1.165, 1.54) is 30.3 Å². The van der Waals surface area contributed by atoms with E-state index in [1.54, 1.807) is 49.4 Å². The number of benzene rings is 3. The Kier molecular flexibility index (Phi) is 6.93. The number of nitrogens with one attached hydrogen (secondary N) is 1. The molecule has 0 atom stereocenters. The summed E-state index contributed by atoms with van der Waals surface area (Å²) in [6, 6.07) is 17.9. The quantitative estimate of drug-likeness (QED) is 0.313. The maximum atomic E-state index is 13.2. The van der Waals surface area contributed by atoms with Crippen LogP contribution in [0.1, 0.15) is 26.5 Å². The zero-order valence-electron chi connectivity index (χ0n) is 20.2. The first kappa shape index (κ1) is 26.7. The summed E-state index contributed by atoms with van der Waals surface area (Å²) >= 11 is 0. The van der Waals surface area contributed by atoms with Crippen molar-refractivity contribution in [1.29, 1.82) is 0 Å². The van der Waals surface area contributed by atoms with Gasteiger partial charge in [0.1, 0.15) is 5.69 Å². The SMILES string of the molecule is Cc1cc(C(=O)Nc2ccc(-c3ccccc3S(N)(=O)=O)cc2)n(-c2cc(C(N)=O)ccc2S(C)(=O)=O)n1.